The van der Waals surface area contributed by atoms with Crippen molar-refractivity contribution in [3.05, 3.63) is 29.6 Å². The number of nitrogens with one attached hydrogen (secondary N) is 1. The number of ether oxygens (including phenoxy) is 2. The molecule has 1 unspecified atom stereocenters. The van der Waals surface area contributed by atoms with Gasteiger partial charge in [-0.2, -0.15) is 0 Å². The van der Waals surface area contributed by atoms with Gasteiger partial charge in [-0.05, 0) is 32.9 Å². The zero-order valence-electron chi connectivity index (χ0n) is 11.3. The number of hydrogen-bond donors (Lipinski definition) is 1. The van der Waals surface area contributed by atoms with Gasteiger partial charge < -0.3 is 14.8 Å². The van der Waals surface area contributed by atoms with Gasteiger partial charge in [-0.1, -0.05) is 6.07 Å². The SMILES string of the molecule is CCOCCCC(NC)c1ccc(OC)cc1F. The normalized spacial score (nSPS) is 12.4. The molecule has 0 aliphatic carbocycles. The Morgan fingerprint density at radius 2 is 2.17 bits per heavy atom. The Bertz CT molecular complexity index is 358. The molecule has 0 heterocycles. The molecule has 1 atom stereocenters. The van der Waals surface area contributed by atoms with Crippen LogP contribution < -0.4 is 10.1 Å². The molecule has 0 spiro atoms. The van der Waals surface area contributed by atoms with Gasteiger partial charge in [0.05, 0.1) is 7.11 Å². The Morgan fingerprint density at radius 1 is 1.39 bits per heavy atom. The van der Waals surface area contributed by atoms with Crippen LogP contribution in [0.5, 0.6) is 5.75 Å². The molecule has 3 nitrogen and oxygen atoms in total. The second-order valence-corrected chi connectivity index (χ2v) is 4.07. The molecule has 18 heavy (non-hydrogen) atoms. The van der Waals surface area contributed by atoms with Gasteiger partial charge in [0.25, 0.3) is 0 Å². The van der Waals surface area contributed by atoms with E-state index in [0.29, 0.717) is 17.9 Å². The first-order valence-corrected chi connectivity index (χ1v) is 6.31. The van der Waals surface area contributed by atoms with Crippen molar-refractivity contribution in [1.29, 1.82) is 0 Å². The van der Waals surface area contributed by atoms with Gasteiger partial charge in [-0.3, -0.25) is 0 Å². The molecule has 0 saturated heterocycles. The van der Waals surface area contributed by atoms with E-state index in [0.717, 1.165) is 19.4 Å². The highest BCUT2D eigenvalue weighted by molar-refractivity contribution is 5.30. The summed E-state index contributed by atoms with van der Waals surface area (Å²) in [5, 5.41) is 3.14. The largest absolute Gasteiger partial charge is 0.497 e. The maximum atomic E-state index is 13.9. The third kappa shape index (κ3) is 4.27. The fourth-order valence-electron chi connectivity index (χ4n) is 1.91. The van der Waals surface area contributed by atoms with Crippen LogP contribution >= 0.6 is 0 Å². The van der Waals surface area contributed by atoms with Crippen LogP contribution in [-0.4, -0.2) is 27.4 Å². The van der Waals surface area contributed by atoms with Gasteiger partial charge >= 0.3 is 0 Å². The molecule has 0 aliphatic heterocycles. The topological polar surface area (TPSA) is 30.5 Å². The summed E-state index contributed by atoms with van der Waals surface area (Å²) in [6.45, 7) is 3.41. The molecule has 1 N–H and O–H groups in total. The second kappa shape index (κ2) is 8.06. The molecule has 102 valence electrons. The van der Waals surface area contributed by atoms with E-state index in [9.17, 15) is 4.39 Å². The van der Waals surface area contributed by atoms with Crippen molar-refractivity contribution in [3.63, 3.8) is 0 Å². The first kappa shape index (κ1) is 14.9. The van der Waals surface area contributed by atoms with Crippen molar-refractivity contribution in [1.82, 2.24) is 5.32 Å². The minimum atomic E-state index is -0.231. The van der Waals surface area contributed by atoms with E-state index in [1.54, 1.807) is 12.1 Å². The predicted octanol–water partition coefficient (Wildman–Crippen LogP) is 2.91. The van der Waals surface area contributed by atoms with Gasteiger partial charge in [-0.15, -0.1) is 0 Å². The maximum absolute atomic E-state index is 13.9. The molecule has 1 aromatic rings. The molecule has 0 bridgehead atoms. The molecule has 4 heteroatoms. The zero-order chi connectivity index (χ0) is 13.4. The van der Waals surface area contributed by atoms with Crippen molar-refractivity contribution in [2.75, 3.05) is 27.4 Å². The Labute approximate surface area is 108 Å². The first-order valence-electron chi connectivity index (χ1n) is 6.31. The van der Waals surface area contributed by atoms with Crippen molar-refractivity contribution >= 4 is 0 Å². The van der Waals surface area contributed by atoms with E-state index in [-0.39, 0.29) is 11.9 Å². The lowest BCUT2D eigenvalue weighted by Gasteiger charge is -2.17. The lowest BCUT2D eigenvalue weighted by atomic mass is 10.0. The minimum absolute atomic E-state index is 0.0105. The average molecular weight is 255 g/mol. The third-order valence-corrected chi connectivity index (χ3v) is 2.92. The lowest BCUT2D eigenvalue weighted by molar-refractivity contribution is 0.141. The quantitative estimate of drug-likeness (QED) is 0.724. The van der Waals surface area contributed by atoms with Gasteiger partial charge in [0.15, 0.2) is 0 Å². The summed E-state index contributed by atoms with van der Waals surface area (Å²) in [4.78, 5) is 0. The smallest absolute Gasteiger partial charge is 0.131 e. The number of benzene rings is 1. The van der Waals surface area contributed by atoms with Crippen molar-refractivity contribution < 1.29 is 13.9 Å². The van der Waals surface area contributed by atoms with Crippen LogP contribution in [0.15, 0.2) is 18.2 Å². The summed E-state index contributed by atoms with van der Waals surface area (Å²) in [5.74, 6) is 0.311. The monoisotopic (exact) mass is 255 g/mol. The van der Waals surface area contributed by atoms with Gasteiger partial charge in [0.2, 0.25) is 0 Å². The number of rotatable bonds is 8. The Kier molecular flexibility index (Phi) is 6.68. The molecule has 0 radical (unpaired) electrons. The highest BCUT2D eigenvalue weighted by Gasteiger charge is 2.14. The molecule has 0 saturated carbocycles. The maximum Gasteiger partial charge on any atom is 0.131 e. The van der Waals surface area contributed by atoms with E-state index in [1.165, 1.54) is 13.2 Å². The zero-order valence-corrected chi connectivity index (χ0v) is 11.3. The number of hydrogen-bond acceptors (Lipinski definition) is 3. The van der Waals surface area contributed by atoms with E-state index < -0.39 is 0 Å². The highest BCUT2D eigenvalue weighted by atomic mass is 19.1. The third-order valence-electron chi connectivity index (χ3n) is 2.92. The standard InChI is InChI=1S/C14H22FNO2/c1-4-18-9-5-6-14(16-2)12-8-7-11(17-3)10-13(12)15/h7-8,10,14,16H,4-6,9H2,1-3H3. The fourth-order valence-corrected chi connectivity index (χ4v) is 1.91. The van der Waals surface area contributed by atoms with Crippen LogP contribution in [0.2, 0.25) is 0 Å². The number of methoxy groups -OCH3 is 1. The van der Waals surface area contributed by atoms with Crippen LogP contribution in [0, 0.1) is 5.82 Å². The Morgan fingerprint density at radius 3 is 2.72 bits per heavy atom. The van der Waals surface area contributed by atoms with Gasteiger partial charge in [0.1, 0.15) is 11.6 Å². The molecule has 1 aromatic carbocycles. The van der Waals surface area contributed by atoms with Crippen molar-refractivity contribution in [2.24, 2.45) is 0 Å². The van der Waals surface area contributed by atoms with Crippen LogP contribution in [0.1, 0.15) is 31.4 Å². The van der Waals surface area contributed by atoms with Crippen molar-refractivity contribution in [2.45, 2.75) is 25.8 Å². The molecule has 0 aliphatic rings. The van der Waals surface area contributed by atoms with Crippen LogP contribution in [0.25, 0.3) is 0 Å². The molecule has 0 fully saturated rings. The number of halogens is 1. The van der Waals surface area contributed by atoms with Gasteiger partial charge in [-0.25, -0.2) is 4.39 Å². The summed E-state index contributed by atoms with van der Waals surface area (Å²) in [6, 6.07) is 4.99. The molecule has 0 amide bonds. The molecular formula is C14H22FNO2. The summed E-state index contributed by atoms with van der Waals surface area (Å²) >= 11 is 0. The summed E-state index contributed by atoms with van der Waals surface area (Å²) in [5.41, 5.74) is 0.676. The summed E-state index contributed by atoms with van der Waals surface area (Å²) in [7, 11) is 3.38. The summed E-state index contributed by atoms with van der Waals surface area (Å²) in [6.07, 6.45) is 1.75. The molecule has 0 aromatic heterocycles. The average Bonchev–Trinajstić information content (AvgIpc) is 2.39. The Hall–Kier alpha value is -1.13. The molecule has 1 rings (SSSR count). The van der Waals surface area contributed by atoms with Crippen LogP contribution in [-0.2, 0) is 4.74 Å². The van der Waals surface area contributed by atoms with Crippen LogP contribution in [0.3, 0.4) is 0 Å². The second-order valence-electron chi connectivity index (χ2n) is 4.07. The predicted molar refractivity (Wildman–Crippen MR) is 70.5 cm³/mol. The van der Waals surface area contributed by atoms with Crippen LogP contribution in [0.4, 0.5) is 4.39 Å². The van der Waals surface area contributed by atoms with E-state index in [1.807, 2.05) is 14.0 Å². The van der Waals surface area contributed by atoms with E-state index in [2.05, 4.69) is 5.32 Å². The van der Waals surface area contributed by atoms with Crippen molar-refractivity contribution in [3.8, 4) is 5.75 Å². The van der Waals surface area contributed by atoms with Gasteiger partial charge in [0, 0.05) is 30.9 Å². The van der Waals surface area contributed by atoms with E-state index >= 15 is 0 Å². The summed E-state index contributed by atoms with van der Waals surface area (Å²) < 4.78 is 24.2. The minimum Gasteiger partial charge on any atom is -0.497 e. The fraction of sp³-hybridized carbons (Fsp3) is 0.571. The highest BCUT2D eigenvalue weighted by Crippen LogP contribution is 2.24. The lowest BCUT2D eigenvalue weighted by Crippen LogP contribution is -2.18. The Balaban J connectivity index is 2.63. The molecular weight excluding hydrogens is 233 g/mol. The van der Waals surface area contributed by atoms with E-state index in [4.69, 9.17) is 9.47 Å². The first-order chi connectivity index (χ1) is 8.72.